The van der Waals surface area contributed by atoms with E-state index >= 15 is 0 Å². The molecule has 9 heteroatoms. The largest absolute Gasteiger partial charge is 0.534 e. The summed E-state index contributed by atoms with van der Waals surface area (Å²) in [5, 5.41) is 3.73. The normalized spacial score (nSPS) is 12.2. The molecule has 0 aliphatic rings. The van der Waals surface area contributed by atoms with Gasteiger partial charge in [0.2, 0.25) is 0 Å². The van der Waals surface area contributed by atoms with Crippen LogP contribution in [-0.2, 0) is 23.1 Å². The molecule has 1 heterocycles. The number of hydrogen-bond acceptors (Lipinski definition) is 4. The Morgan fingerprint density at radius 1 is 1.37 bits per heavy atom. The number of rotatable bonds is 6. The van der Waals surface area contributed by atoms with E-state index in [0.717, 1.165) is 6.20 Å². The molecule has 0 bridgehead atoms. The molecule has 1 rings (SSSR count). The van der Waals surface area contributed by atoms with Crippen molar-refractivity contribution in [1.29, 1.82) is 0 Å². The molecule has 0 saturated heterocycles. The van der Waals surface area contributed by atoms with Crippen molar-refractivity contribution in [1.82, 2.24) is 9.78 Å². The van der Waals surface area contributed by atoms with Crippen LogP contribution >= 0.6 is 0 Å². The third kappa shape index (κ3) is 3.37. The van der Waals surface area contributed by atoms with Gasteiger partial charge in [-0.15, -0.1) is 13.2 Å². The number of alkyl halides is 3. The first-order valence-electron chi connectivity index (χ1n) is 5.00. The molecule has 0 atom stereocenters. The van der Waals surface area contributed by atoms with Crippen molar-refractivity contribution < 1.29 is 25.8 Å². The lowest BCUT2D eigenvalue weighted by molar-refractivity contribution is -0.0500. The topological polar surface area (TPSA) is 61.2 Å². The van der Waals surface area contributed by atoms with E-state index in [-0.39, 0.29) is 18.7 Å². The van der Waals surface area contributed by atoms with Crippen molar-refractivity contribution in [2.24, 2.45) is 0 Å². The van der Waals surface area contributed by atoms with Gasteiger partial charge in [-0.05, 0) is 0 Å². The quantitative estimate of drug-likeness (QED) is 0.458. The van der Waals surface area contributed by atoms with E-state index in [9.17, 15) is 21.6 Å². The van der Waals surface area contributed by atoms with E-state index in [1.165, 1.54) is 16.8 Å². The first-order chi connectivity index (χ1) is 8.73. The fourth-order valence-corrected chi connectivity index (χ4v) is 1.72. The van der Waals surface area contributed by atoms with Crippen molar-refractivity contribution >= 4 is 10.1 Å². The van der Waals surface area contributed by atoms with Crippen molar-refractivity contribution in [3.05, 3.63) is 37.2 Å². The second-order valence-electron chi connectivity index (χ2n) is 3.40. The van der Waals surface area contributed by atoms with Crippen LogP contribution in [0.5, 0.6) is 5.75 Å². The summed E-state index contributed by atoms with van der Waals surface area (Å²) in [6.45, 7) is 7.09. The minimum atomic E-state index is -5.71. The van der Waals surface area contributed by atoms with Crippen LogP contribution in [0.15, 0.2) is 31.5 Å². The monoisotopic (exact) mass is 296 g/mol. The lowest BCUT2D eigenvalue weighted by atomic mass is 10.3. The van der Waals surface area contributed by atoms with Crippen molar-refractivity contribution in [2.45, 2.75) is 18.5 Å². The standard InChI is InChI=1S/C10H11F3N2O3S/c1-3-5-8-9(7-14-15(8)6-4-2)18-19(16,17)10(11,12)13/h3-4,7H,1-2,5-6H2. The van der Waals surface area contributed by atoms with Gasteiger partial charge >= 0.3 is 15.6 Å². The number of nitrogens with zero attached hydrogens (tertiary/aromatic N) is 2. The molecule has 0 saturated carbocycles. The summed E-state index contributed by atoms with van der Waals surface area (Å²) in [5.41, 5.74) is -5.32. The highest BCUT2D eigenvalue weighted by molar-refractivity contribution is 7.88. The lowest BCUT2D eigenvalue weighted by Gasteiger charge is -2.10. The summed E-state index contributed by atoms with van der Waals surface area (Å²) >= 11 is 0. The van der Waals surface area contributed by atoms with Crippen LogP contribution in [0.2, 0.25) is 0 Å². The van der Waals surface area contributed by atoms with E-state index in [2.05, 4.69) is 22.4 Å². The molecule has 0 radical (unpaired) electrons. The predicted octanol–water partition coefficient (Wildman–Crippen LogP) is 2.03. The van der Waals surface area contributed by atoms with Gasteiger partial charge in [-0.1, -0.05) is 12.2 Å². The zero-order valence-electron chi connectivity index (χ0n) is 9.72. The van der Waals surface area contributed by atoms with Crippen LogP contribution in [0.4, 0.5) is 13.2 Å². The Balaban J connectivity index is 3.15. The Bertz CT molecular complexity index is 575. The average Bonchev–Trinajstić information content (AvgIpc) is 2.61. The van der Waals surface area contributed by atoms with Gasteiger partial charge in [0.25, 0.3) is 0 Å². The maximum atomic E-state index is 12.2. The van der Waals surface area contributed by atoms with Crippen LogP contribution in [0.25, 0.3) is 0 Å². The summed E-state index contributed by atoms with van der Waals surface area (Å²) in [6, 6.07) is 0. The first kappa shape index (κ1) is 15.3. The highest BCUT2D eigenvalue weighted by Crippen LogP contribution is 2.29. The van der Waals surface area contributed by atoms with Crippen LogP contribution < -0.4 is 4.18 Å². The van der Waals surface area contributed by atoms with E-state index in [4.69, 9.17) is 0 Å². The first-order valence-corrected chi connectivity index (χ1v) is 6.41. The van der Waals surface area contributed by atoms with Crippen molar-refractivity contribution in [3.63, 3.8) is 0 Å². The Hall–Kier alpha value is -1.77. The van der Waals surface area contributed by atoms with Crippen molar-refractivity contribution in [2.75, 3.05) is 0 Å². The molecule has 1 aromatic rings. The van der Waals surface area contributed by atoms with Gasteiger partial charge in [0.1, 0.15) is 0 Å². The number of allylic oxidation sites excluding steroid dienone is 2. The Labute approximate surface area is 108 Å². The second-order valence-corrected chi connectivity index (χ2v) is 4.94. The molecule has 19 heavy (non-hydrogen) atoms. The van der Waals surface area contributed by atoms with Gasteiger partial charge < -0.3 is 4.18 Å². The predicted molar refractivity (Wildman–Crippen MR) is 61.9 cm³/mol. The maximum absolute atomic E-state index is 12.2. The molecule has 5 nitrogen and oxygen atoms in total. The molecule has 0 aromatic carbocycles. The Kier molecular flexibility index (Phi) is 4.40. The molecule has 0 fully saturated rings. The summed E-state index contributed by atoms with van der Waals surface area (Å²) in [5.74, 6) is -0.473. The SMILES string of the molecule is C=CCc1c(OS(=O)(=O)C(F)(F)F)cnn1CC=C. The molecule has 0 aliphatic heterocycles. The number of aromatic nitrogens is 2. The minimum absolute atomic E-state index is 0.108. The maximum Gasteiger partial charge on any atom is 0.534 e. The number of halogens is 3. The van der Waals surface area contributed by atoms with Crippen LogP contribution in [0, 0.1) is 0 Å². The van der Waals surface area contributed by atoms with E-state index in [1.807, 2.05) is 0 Å². The zero-order chi connectivity index (χ0) is 14.7. The lowest BCUT2D eigenvalue weighted by Crippen LogP contribution is -2.28. The summed E-state index contributed by atoms with van der Waals surface area (Å²) in [6.07, 6.45) is 3.87. The average molecular weight is 296 g/mol. The smallest absolute Gasteiger partial charge is 0.372 e. The highest BCUT2D eigenvalue weighted by atomic mass is 32.2. The fourth-order valence-electron chi connectivity index (χ4n) is 1.25. The van der Waals surface area contributed by atoms with Crippen molar-refractivity contribution in [3.8, 4) is 5.75 Å². The molecule has 0 amide bonds. The van der Waals surface area contributed by atoms with Crippen LogP contribution in [0.3, 0.4) is 0 Å². The van der Waals surface area contributed by atoms with Gasteiger partial charge in [0, 0.05) is 6.42 Å². The van der Waals surface area contributed by atoms with Crippen LogP contribution in [-0.4, -0.2) is 23.7 Å². The molecule has 1 aromatic heterocycles. The Morgan fingerprint density at radius 3 is 2.47 bits per heavy atom. The van der Waals surface area contributed by atoms with E-state index in [1.54, 1.807) is 0 Å². The van der Waals surface area contributed by atoms with E-state index in [0.29, 0.717) is 0 Å². The van der Waals surface area contributed by atoms with Crippen LogP contribution in [0.1, 0.15) is 5.69 Å². The van der Waals surface area contributed by atoms with Gasteiger partial charge in [-0.3, -0.25) is 4.68 Å². The molecular formula is C10H11F3N2O3S. The summed E-state index contributed by atoms with van der Waals surface area (Å²) in [4.78, 5) is 0. The third-order valence-electron chi connectivity index (χ3n) is 2.03. The number of hydrogen-bond donors (Lipinski definition) is 0. The molecule has 0 spiro atoms. The highest BCUT2D eigenvalue weighted by Gasteiger charge is 2.49. The van der Waals surface area contributed by atoms with Gasteiger partial charge in [0.05, 0.1) is 18.4 Å². The molecule has 106 valence electrons. The summed E-state index contributed by atoms with van der Waals surface area (Å²) in [7, 11) is -5.71. The fraction of sp³-hybridized carbons (Fsp3) is 0.300. The third-order valence-corrected chi connectivity index (χ3v) is 3.00. The molecule has 0 aliphatic carbocycles. The molecular weight excluding hydrogens is 285 g/mol. The van der Waals surface area contributed by atoms with Gasteiger partial charge in [0.15, 0.2) is 5.75 Å². The minimum Gasteiger partial charge on any atom is -0.372 e. The molecule has 0 N–H and O–H groups in total. The Morgan fingerprint density at radius 2 is 2.00 bits per heavy atom. The van der Waals surface area contributed by atoms with Gasteiger partial charge in [-0.25, -0.2) is 0 Å². The van der Waals surface area contributed by atoms with Gasteiger partial charge in [-0.2, -0.15) is 26.7 Å². The second kappa shape index (κ2) is 5.47. The zero-order valence-corrected chi connectivity index (χ0v) is 10.5. The molecule has 0 unspecified atom stereocenters. The van der Waals surface area contributed by atoms with E-state index < -0.39 is 21.4 Å². The summed E-state index contributed by atoms with van der Waals surface area (Å²) < 4.78 is 63.8.